The molecule has 0 bridgehead atoms. The van der Waals surface area contributed by atoms with E-state index in [9.17, 15) is 19.8 Å². The Hall–Kier alpha value is -3.72. The van der Waals surface area contributed by atoms with Crippen LogP contribution in [0, 0.1) is 0 Å². The second-order valence-corrected chi connectivity index (χ2v) is 8.75. The van der Waals surface area contributed by atoms with Crippen molar-refractivity contribution in [1.82, 2.24) is 10.6 Å². The molecule has 0 aliphatic carbocycles. The van der Waals surface area contributed by atoms with Gasteiger partial charge in [0, 0.05) is 35.9 Å². The van der Waals surface area contributed by atoms with Gasteiger partial charge in [0.05, 0.1) is 6.61 Å². The summed E-state index contributed by atoms with van der Waals surface area (Å²) >= 11 is 0. The van der Waals surface area contributed by atoms with E-state index in [1.807, 2.05) is 49.4 Å². The van der Waals surface area contributed by atoms with Gasteiger partial charge in [-0.15, -0.1) is 0 Å². The summed E-state index contributed by atoms with van der Waals surface area (Å²) in [4.78, 5) is 24.6. The van der Waals surface area contributed by atoms with Crippen LogP contribution in [-0.4, -0.2) is 60.5 Å². The number of carbonyl (C=O) groups is 2. The summed E-state index contributed by atoms with van der Waals surface area (Å²) < 4.78 is 5.55. The third-order valence-corrected chi connectivity index (χ3v) is 5.69. The first-order chi connectivity index (χ1) is 18.0. The summed E-state index contributed by atoms with van der Waals surface area (Å²) in [6.07, 6.45) is 0.695. The van der Waals surface area contributed by atoms with E-state index in [2.05, 4.69) is 16.0 Å². The molecule has 5 N–H and O–H groups in total. The van der Waals surface area contributed by atoms with Crippen LogP contribution in [0.1, 0.15) is 39.6 Å². The second kappa shape index (κ2) is 14.7. The third-order valence-electron chi connectivity index (χ3n) is 5.69. The third kappa shape index (κ3) is 9.34. The van der Waals surface area contributed by atoms with E-state index in [-0.39, 0.29) is 37.6 Å². The molecule has 0 aromatic heterocycles. The Kier molecular flexibility index (Phi) is 11.1. The quantitative estimate of drug-likeness (QED) is 0.230. The van der Waals surface area contributed by atoms with Gasteiger partial charge in [0.15, 0.2) is 0 Å². The topological polar surface area (TPSA) is 120 Å². The molecule has 3 aromatic rings. The number of benzene rings is 3. The highest BCUT2D eigenvalue weighted by Gasteiger charge is 2.13. The zero-order chi connectivity index (χ0) is 26.5. The molecule has 2 atom stereocenters. The van der Waals surface area contributed by atoms with Crippen LogP contribution in [0.25, 0.3) is 0 Å². The number of amides is 2. The number of nitrogens with one attached hydrogen (secondary N) is 3. The molecule has 2 amide bonds. The number of hydrogen-bond acceptors (Lipinski definition) is 6. The summed E-state index contributed by atoms with van der Waals surface area (Å²) in [6, 6.07) is 22.9. The average Bonchev–Trinajstić information content (AvgIpc) is 2.94. The molecular weight excluding hydrogens is 470 g/mol. The standard InChI is InChI=1S/C29H35N3O5/c1-2-16-30-28(35)22-10-12-23(13-11-22)29(36)32-24-14-8-21(9-15-24)17-25(19-33)31-18-26(34)20-37-27-6-4-3-5-7-27/h3-15,25-26,31,33-34H,2,16-20H2,1H3,(H,30,35)(H,32,36)/t25-,26-/m0/s1. The highest BCUT2D eigenvalue weighted by atomic mass is 16.5. The number of rotatable bonds is 14. The maximum Gasteiger partial charge on any atom is 0.255 e. The van der Waals surface area contributed by atoms with E-state index < -0.39 is 6.10 Å². The van der Waals surface area contributed by atoms with Crippen molar-refractivity contribution in [3.8, 4) is 5.75 Å². The largest absolute Gasteiger partial charge is 0.491 e. The van der Waals surface area contributed by atoms with Crippen LogP contribution < -0.4 is 20.7 Å². The van der Waals surface area contributed by atoms with Gasteiger partial charge >= 0.3 is 0 Å². The lowest BCUT2D eigenvalue weighted by atomic mass is 10.1. The fraction of sp³-hybridized carbons (Fsp3) is 0.310. The number of anilines is 1. The van der Waals surface area contributed by atoms with E-state index in [1.165, 1.54) is 0 Å². The average molecular weight is 506 g/mol. The van der Waals surface area contributed by atoms with Crippen LogP contribution >= 0.6 is 0 Å². The van der Waals surface area contributed by atoms with Crippen LogP contribution in [0.2, 0.25) is 0 Å². The first-order valence-electron chi connectivity index (χ1n) is 12.5. The van der Waals surface area contributed by atoms with E-state index in [0.29, 0.717) is 35.5 Å². The minimum absolute atomic E-state index is 0.0861. The fourth-order valence-corrected chi connectivity index (χ4v) is 3.60. The van der Waals surface area contributed by atoms with Gasteiger partial charge in [-0.3, -0.25) is 9.59 Å². The summed E-state index contributed by atoms with van der Waals surface area (Å²) in [5.41, 5.74) is 2.58. The minimum atomic E-state index is -0.716. The summed E-state index contributed by atoms with van der Waals surface area (Å²) in [6.45, 7) is 2.94. The van der Waals surface area contributed by atoms with Crippen molar-refractivity contribution in [2.45, 2.75) is 31.9 Å². The second-order valence-electron chi connectivity index (χ2n) is 8.75. The molecule has 0 heterocycles. The van der Waals surface area contributed by atoms with Crippen LogP contribution in [0.4, 0.5) is 5.69 Å². The summed E-state index contributed by atoms with van der Waals surface area (Å²) in [5.74, 6) is 0.268. The molecule has 0 spiro atoms. The van der Waals surface area contributed by atoms with Gasteiger partial charge in [-0.1, -0.05) is 37.3 Å². The molecule has 196 valence electrons. The van der Waals surface area contributed by atoms with Crippen molar-refractivity contribution in [1.29, 1.82) is 0 Å². The van der Waals surface area contributed by atoms with Gasteiger partial charge in [-0.05, 0) is 66.9 Å². The number of carbonyl (C=O) groups excluding carboxylic acids is 2. The summed E-state index contributed by atoms with van der Waals surface area (Å²) in [5, 5.41) is 28.8. The first kappa shape index (κ1) is 27.9. The highest BCUT2D eigenvalue weighted by molar-refractivity contribution is 6.05. The molecule has 37 heavy (non-hydrogen) atoms. The van der Waals surface area contributed by atoms with Gasteiger partial charge < -0.3 is 30.9 Å². The van der Waals surface area contributed by atoms with Crippen molar-refractivity contribution in [2.24, 2.45) is 0 Å². The van der Waals surface area contributed by atoms with E-state index in [4.69, 9.17) is 4.74 Å². The molecule has 8 heteroatoms. The Labute approximate surface area is 217 Å². The Bertz CT molecular complexity index is 1100. The van der Waals surface area contributed by atoms with Gasteiger partial charge in [0.1, 0.15) is 18.5 Å². The van der Waals surface area contributed by atoms with Crippen LogP contribution in [0.3, 0.4) is 0 Å². The number of aliphatic hydroxyl groups is 2. The maximum atomic E-state index is 12.6. The van der Waals surface area contributed by atoms with E-state index in [1.54, 1.807) is 36.4 Å². The van der Waals surface area contributed by atoms with E-state index in [0.717, 1.165) is 12.0 Å². The molecule has 0 saturated heterocycles. The Morgan fingerprint density at radius 1 is 0.892 bits per heavy atom. The van der Waals surface area contributed by atoms with Gasteiger partial charge in [-0.25, -0.2) is 0 Å². The van der Waals surface area contributed by atoms with Crippen LogP contribution in [-0.2, 0) is 6.42 Å². The molecule has 0 aliphatic rings. The number of para-hydroxylation sites is 1. The van der Waals surface area contributed by atoms with Gasteiger partial charge in [0.25, 0.3) is 11.8 Å². The number of ether oxygens (including phenoxy) is 1. The van der Waals surface area contributed by atoms with Crippen LogP contribution in [0.15, 0.2) is 78.9 Å². The van der Waals surface area contributed by atoms with Gasteiger partial charge in [0.2, 0.25) is 0 Å². The molecular formula is C29H35N3O5. The van der Waals surface area contributed by atoms with Crippen LogP contribution in [0.5, 0.6) is 5.75 Å². The highest BCUT2D eigenvalue weighted by Crippen LogP contribution is 2.14. The van der Waals surface area contributed by atoms with Crippen molar-refractivity contribution in [3.63, 3.8) is 0 Å². The molecule has 0 saturated carbocycles. The minimum Gasteiger partial charge on any atom is -0.491 e. The fourth-order valence-electron chi connectivity index (χ4n) is 3.60. The van der Waals surface area contributed by atoms with E-state index >= 15 is 0 Å². The molecule has 0 radical (unpaired) electrons. The van der Waals surface area contributed by atoms with Crippen molar-refractivity contribution in [2.75, 3.05) is 31.6 Å². The molecule has 8 nitrogen and oxygen atoms in total. The zero-order valence-electron chi connectivity index (χ0n) is 21.0. The molecule has 3 rings (SSSR count). The predicted molar refractivity (Wildman–Crippen MR) is 144 cm³/mol. The Morgan fingerprint density at radius 2 is 1.54 bits per heavy atom. The number of aliphatic hydroxyl groups excluding tert-OH is 2. The van der Waals surface area contributed by atoms with Crippen molar-refractivity contribution < 1.29 is 24.5 Å². The SMILES string of the molecule is CCCNC(=O)c1ccc(C(=O)Nc2ccc(C[C@@H](CO)NC[C@H](O)COc3ccccc3)cc2)cc1. The monoisotopic (exact) mass is 505 g/mol. The molecule has 3 aromatic carbocycles. The first-order valence-corrected chi connectivity index (χ1v) is 12.5. The number of hydrogen-bond donors (Lipinski definition) is 5. The predicted octanol–water partition coefficient (Wildman–Crippen LogP) is 3.01. The van der Waals surface area contributed by atoms with Crippen molar-refractivity contribution >= 4 is 17.5 Å². The maximum absolute atomic E-state index is 12.6. The zero-order valence-corrected chi connectivity index (χ0v) is 21.0. The lowest BCUT2D eigenvalue weighted by Crippen LogP contribution is -2.41. The lowest BCUT2D eigenvalue weighted by molar-refractivity contribution is 0.0951. The van der Waals surface area contributed by atoms with Gasteiger partial charge in [-0.2, -0.15) is 0 Å². The smallest absolute Gasteiger partial charge is 0.255 e. The Balaban J connectivity index is 1.44. The Morgan fingerprint density at radius 3 is 2.16 bits per heavy atom. The molecule has 0 fully saturated rings. The molecule has 0 unspecified atom stereocenters. The van der Waals surface area contributed by atoms with Crippen molar-refractivity contribution in [3.05, 3.63) is 95.6 Å². The lowest BCUT2D eigenvalue weighted by Gasteiger charge is -2.19. The summed E-state index contributed by atoms with van der Waals surface area (Å²) in [7, 11) is 0. The normalized spacial score (nSPS) is 12.4. The molecule has 0 aliphatic heterocycles.